The van der Waals surface area contributed by atoms with Crippen LogP contribution in [-0.4, -0.2) is 17.0 Å². The zero-order valence-corrected chi connectivity index (χ0v) is 9.07. The van der Waals surface area contributed by atoms with Gasteiger partial charge in [-0.15, -0.1) is 0 Å². The molecule has 0 aromatic rings. The summed E-state index contributed by atoms with van der Waals surface area (Å²) in [5, 5.41) is 0.767. The first-order chi connectivity index (χ1) is 5.70. The first-order valence-corrected chi connectivity index (χ1v) is 6.12. The van der Waals surface area contributed by atoms with Crippen LogP contribution >= 0.6 is 11.8 Å². The van der Waals surface area contributed by atoms with Gasteiger partial charge in [0.15, 0.2) is 0 Å². The molecule has 72 valence electrons. The van der Waals surface area contributed by atoms with E-state index in [1.165, 1.54) is 31.4 Å². The monoisotopic (exact) mass is 187 g/mol. The lowest BCUT2D eigenvalue weighted by molar-refractivity contribution is 0.629. The molecule has 1 aliphatic rings. The van der Waals surface area contributed by atoms with Crippen molar-refractivity contribution in [2.24, 2.45) is 11.7 Å². The fourth-order valence-electron chi connectivity index (χ4n) is 1.62. The van der Waals surface area contributed by atoms with Crippen LogP contribution in [0.2, 0.25) is 0 Å². The quantitative estimate of drug-likeness (QED) is 0.732. The summed E-state index contributed by atoms with van der Waals surface area (Å²) in [5.74, 6) is 2.14. The Balaban J connectivity index is 2.06. The zero-order chi connectivity index (χ0) is 8.97. The number of rotatable bonds is 4. The van der Waals surface area contributed by atoms with Crippen LogP contribution in [0.25, 0.3) is 0 Å². The van der Waals surface area contributed by atoms with E-state index < -0.39 is 0 Å². The second kappa shape index (κ2) is 5.13. The molecule has 0 heterocycles. The van der Waals surface area contributed by atoms with Gasteiger partial charge in [-0.3, -0.25) is 0 Å². The van der Waals surface area contributed by atoms with Crippen LogP contribution < -0.4 is 5.73 Å². The molecule has 2 atom stereocenters. The molecule has 1 saturated carbocycles. The fourth-order valence-corrected chi connectivity index (χ4v) is 3.24. The average molecular weight is 187 g/mol. The number of thioether (sulfide) groups is 1. The van der Waals surface area contributed by atoms with Gasteiger partial charge >= 0.3 is 0 Å². The third kappa shape index (κ3) is 3.36. The molecule has 1 nitrogen and oxygen atoms in total. The molecular weight excluding hydrogens is 166 g/mol. The summed E-state index contributed by atoms with van der Waals surface area (Å²) in [6, 6.07) is 0.488. The number of hydrogen-bond donors (Lipinski definition) is 1. The Morgan fingerprint density at radius 3 is 2.67 bits per heavy atom. The smallest absolute Gasteiger partial charge is 0.0199 e. The fraction of sp³-hybridized carbons (Fsp3) is 1.00. The molecule has 0 aromatic carbocycles. The van der Waals surface area contributed by atoms with E-state index >= 15 is 0 Å². The lowest BCUT2D eigenvalue weighted by Gasteiger charge is -2.15. The van der Waals surface area contributed by atoms with E-state index in [4.69, 9.17) is 5.73 Å². The van der Waals surface area contributed by atoms with Gasteiger partial charge < -0.3 is 5.73 Å². The second-order valence-corrected chi connectivity index (χ2v) is 5.53. The predicted octanol–water partition coefficient (Wildman–Crippen LogP) is 2.65. The normalized spacial score (nSPS) is 30.0. The van der Waals surface area contributed by atoms with Crippen molar-refractivity contribution < 1.29 is 0 Å². The molecule has 2 N–H and O–H groups in total. The molecule has 0 aliphatic heterocycles. The van der Waals surface area contributed by atoms with Gasteiger partial charge in [-0.05, 0) is 30.9 Å². The largest absolute Gasteiger partial charge is 0.327 e. The highest BCUT2D eigenvalue weighted by Crippen LogP contribution is 2.29. The summed E-state index contributed by atoms with van der Waals surface area (Å²) in [6.45, 7) is 4.57. The van der Waals surface area contributed by atoms with Crippen molar-refractivity contribution in [3.8, 4) is 0 Å². The minimum atomic E-state index is 0.488. The Morgan fingerprint density at radius 1 is 1.42 bits per heavy atom. The van der Waals surface area contributed by atoms with E-state index in [1.807, 2.05) is 0 Å². The summed E-state index contributed by atoms with van der Waals surface area (Å²) in [7, 11) is 0. The van der Waals surface area contributed by atoms with Gasteiger partial charge in [-0.25, -0.2) is 0 Å². The van der Waals surface area contributed by atoms with E-state index in [2.05, 4.69) is 25.6 Å². The maximum atomic E-state index is 5.98. The first kappa shape index (κ1) is 10.4. The lowest BCUT2D eigenvalue weighted by atomic mass is 10.2. The summed E-state index contributed by atoms with van der Waals surface area (Å²) < 4.78 is 0. The number of hydrogen-bond acceptors (Lipinski definition) is 2. The van der Waals surface area contributed by atoms with Gasteiger partial charge in [-0.2, -0.15) is 11.8 Å². The van der Waals surface area contributed by atoms with Crippen LogP contribution in [0, 0.1) is 5.92 Å². The highest BCUT2D eigenvalue weighted by atomic mass is 32.2. The molecule has 0 saturated heterocycles. The van der Waals surface area contributed by atoms with Crippen LogP contribution in [0.3, 0.4) is 0 Å². The van der Waals surface area contributed by atoms with Crippen molar-refractivity contribution in [2.75, 3.05) is 5.75 Å². The Labute approximate surface area is 80.5 Å². The van der Waals surface area contributed by atoms with Crippen LogP contribution in [0.4, 0.5) is 0 Å². The molecule has 0 aromatic heterocycles. The molecular formula is C10H21NS. The van der Waals surface area contributed by atoms with E-state index in [-0.39, 0.29) is 0 Å². The van der Waals surface area contributed by atoms with Crippen molar-refractivity contribution in [3.05, 3.63) is 0 Å². The molecule has 12 heavy (non-hydrogen) atoms. The van der Waals surface area contributed by atoms with Gasteiger partial charge in [0.2, 0.25) is 0 Å². The van der Waals surface area contributed by atoms with Gasteiger partial charge in [-0.1, -0.05) is 20.3 Å². The lowest BCUT2D eigenvalue weighted by Crippen LogP contribution is -2.26. The highest BCUT2D eigenvalue weighted by Gasteiger charge is 2.23. The Morgan fingerprint density at radius 2 is 2.17 bits per heavy atom. The zero-order valence-electron chi connectivity index (χ0n) is 8.25. The van der Waals surface area contributed by atoms with Crippen LogP contribution in [0.15, 0.2) is 0 Å². The summed E-state index contributed by atoms with van der Waals surface area (Å²) >= 11 is 2.10. The van der Waals surface area contributed by atoms with Crippen LogP contribution in [0.5, 0.6) is 0 Å². The van der Waals surface area contributed by atoms with Crippen molar-refractivity contribution in [1.29, 1.82) is 0 Å². The van der Waals surface area contributed by atoms with E-state index in [9.17, 15) is 0 Å². The third-order valence-electron chi connectivity index (χ3n) is 2.53. The molecule has 1 aliphatic carbocycles. The maximum absolute atomic E-state index is 5.98. The average Bonchev–Trinajstić information content (AvgIpc) is 2.36. The van der Waals surface area contributed by atoms with E-state index in [0.29, 0.717) is 6.04 Å². The summed E-state index contributed by atoms with van der Waals surface area (Å²) in [6.07, 6.45) is 5.29. The van der Waals surface area contributed by atoms with Gasteiger partial charge in [0, 0.05) is 11.3 Å². The molecule has 0 radical (unpaired) electrons. The van der Waals surface area contributed by atoms with Crippen LogP contribution in [-0.2, 0) is 0 Å². The molecule has 0 spiro atoms. The molecule has 2 heteroatoms. The standard InChI is InChI=1S/C10H21NS/c1-8(2)6-7-12-10-5-3-4-9(10)11/h8-10H,3-7,11H2,1-2H3. The minimum absolute atomic E-state index is 0.488. The van der Waals surface area contributed by atoms with Gasteiger partial charge in [0.25, 0.3) is 0 Å². The summed E-state index contributed by atoms with van der Waals surface area (Å²) in [4.78, 5) is 0. The maximum Gasteiger partial charge on any atom is 0.0199 e. The molecule has 1 fully saturated rings. The SMILES string of the molecule is CC(C)CCSC1CCCC1N. The number of nitrogens with two attached hydrogens (primary N) is 1. The summed E-state index contributed by atoms with van der Waals surface area (Å²) in [5.41, 5.74) is 5.98. The second-order valence-electron chi connectivity index (χ2n) is 4.19. The Hall–Kier alpha value is 0.310. The van der Waals surface area contributed by atoms with Gasteiger partial charge in [0.1, 0.15) is 0 Å². The van der Waals surface area contributed by atoms with Crippen molar-refractivity contribution in [2.45, 2.75) is 50.8 Å². The molecule has 0 amide bonds. The van der Waals surface area contributed by atoms with E-state index in [0.717, 1.165) is 11.2 Å². The van der Waals surface area contributed by atoms with E-state index in [1.54, 1.807) is 0 Å². The molecule has 1 rings (SSSR count). The van der Waals surface area contributed by atoms with Crippen LogP contribution in [0.1, 0.15) is 39.5 Å². The van der Waals surface area contributed by atoms with Crippen molar-refractivity contribution in [3.63, 3.8) is 0 Å². The highest BCUT2D eigenvalue weighted by molar-refractivity contribution is 7.99. The minimum Gasteiger partial charge on any atom is -0.327 e. The van der Waals surface area contributed by atoms with Crippen molar-refractivity contribution >= 4 is 11.8 Å². The first-order valence-electron chi connectivity index (χ1n) is 5.07. The predicted molar refractivity (Wildman–Crippen MR) is 57.5 cm³/mol. The van der Waals surface area contributed by atoms with Crippen molar-refractivity contribution in [1.82, 2.24) is 0 Å². The third-order valence-corrected chi connectivity index (χ3v) is 4.02. The Kier molecular flexibility index (Phi) is 4.44. The topological polar surface area (TPSA) is 26.0 Å². The molecule has 0 bridgehead atoms. The Bertz CT molecular complexity index is 125. The van der Waals surface area contributed by atoms with Gasteiger partial charge in [0.05, 0.1) is 0 Å². The molecule has 2 unspecified atom stereocenters.